The highest BCUT2D eigenvalue weighted by Crippen LogP contribution is 2.41. The van der Waals surface area contributed by atoms with Crippen LogP contribution in [-0.2, 0) is 11.3 Å². The maximum Gasteiger partial charge on any atom is 0.317 e. The fourth-order valence-electron chi connectivity index (χ4n) is 4.19. The van der Waals surface area contributed by atoms with Crippen LogP contribution in [-0.4, -0.2) is 36.5 Å². The molecule has 140 valence electrons. The standard InChI is InChI=1S/C22H25N3O2/c1-17-6-5-9-19(12-17)25-16-22(13-20(25)26)10-11-24(15-22)21(27)23-14-18-7-3-2-4-8-18/h2-9,12H,10-11,13-16H2,1H3,(H,23,27). The van der Waals surface area contributed by atoms with Crippen molar-refractivity contribution in [3.05, 3.63) is 65.7 Å². The Morgan fingerprint density at radius 3 is 2.70 bits per heavy atom. The van der Waals surface area contributed by atoms with Crippen LogP contribution in [0.1, 0.15) is 24.0 Å². The van der Waals surface area contributed by atoms with Gasteiger partial charge in [-0.25, -0.2) is 4.79 Å². The van der Waals surface area contributed by atoms with E-state index in [0.717, 1.165) is 23.2 Å². The van der Waals surface area contributed by atoms with Gasteiger partial charge in [0.05, 0.1) is 0 Å². The summed E-state index contributed by atoms with van der Waals surface area (Å²) in [6.07, 6.45) is 1.39. The van der Waals surface area contributed by atoms with Gasteiger partial charge < -0.3 is 15.1 Å². The minimum Gasteiger partial charge on any atom is -0.334 e. The second-order valence-corrected chi connectivity index (χ2v) is 7.81. The molecule has 2 fully saturated rings. The van der Waals surface area contributed by atoms with E-state index in [1.807, 2.05) is 65.3 Å². The van der Waals surface area contributed by atoms with Gasteiger partial charge in [-0.05, 0) is 36.6 Å². The van der Waals surface area contributed by atoms with Crippen LogP contribution in [0.15, 0.2) is 54.6 Å². The number of aryl methyl sites for hydroxylation is 1. The Bertz CT molecular complexity index is 852. The zero-order valence-electron chi connectivity index (χ0n) is 15.6. The molecule has 2 saturated heterocycles. The first kappa shape index (κ1) is 17.6. The molecular formula is C22H25N3O2. The lowest BCUT2D eigenvalue weighted by molar-refractivity contribution is -0.117. The summed E-state index contributed by atoms with van der Waals surface area (Å²) in [5.74, 6) is 0.159. The zero-order chi connectivity index (χ0) is 18.9. The third kappa shape index (κ3) is 3.68. The average molecular weight is 363 g/mol. The van der Waals surface area contributed by atoms with Crippen molar-refractivity contribution in [2.75, 3.05) is 24.5 Å². The fourth-order valence-corrected chi connectivity index (χ4v) is 4.19. The first-order valence-electron chi connectivity index (χ1n) is 9.48. The first-order valence-corrected chi connectivity index (χ1v) is 9.48. The Labute approximate surface area is 160 Å². The molecule has 2 heterocycles. The average Bonchev–Trinajstić information content (AvgIpc) is 3.23. The molecular weight excluding hydrogens is 338 g/mol. The summed E-state index contributed by atoms with van der Waals surface area (Å²) < 4.78 is 0. The molecule has 5 nitrogen and oxygen atoms in total. The molecule has 2 aromatic rings. The van der Waals surface area contributed by atoms with Gasteiger partial charge in [0.2, 0.25) is 5.91 Å². The lowest BCUT2D eigenvalue weighted by atomic mass is 9.86. The molecule has 0 aliphatic carbocycles. The van der Waals surface area contributed by atoms with Crippen LogP contribution >= 0.6 is 0 Å². The number of carbonyl (C=O) groups is 2. The van der Waals surface area contributed by atoms with Crippen LogP contribution in [0.25, 0.3) is 0 Å². The van der Waals surface area contributed by atoms with Crippen LogP contribution in [0.3, 0.4) is 0 Å². The van der Waals surface area contributed by atoms with E-state index in [1.165, 1.54) is 0 Å². The van der Waals surface area contributed by atoms with Crippen molar-refractivity contribution in [3.63, 3.8) is 0 Å². The molecule has 27 heavy (non-hydrogen) atoms. The number of carbonyl (C=O) groups excluding carboxylic acids is 2. The van der Waals surface area contributed by atoms with E-state index in [2.05, 4.69) is 11.4 Å². The van der Waals surface area contributed by atoms with E-state index < -0.39 is 0 Å². The topological polar surface area (TPSA) is 52.6 Å². The number of amides is 3. The Hall–Kier alpha value is -2.82. The van der Waals surface area contributed by atoms with Crippen molar-refractivity contribution < 1.29 is 9.59 Å². The predicted octanol–water partition coefficient (Wildman–Crippen LogP) is 3.33. The minimum absolute atomic E-state index is 0.0443. The first-order chi connectivity index (χ1) is 13.0. The van der Waals surface area contributed by atoms with E-state index in [9.17, 15) is 9.59 Å². The highest BCUT2D eigenvalue weighted by molar-refractivity contribution is 5.96. The highest BCUT2D eigenvalue weighted by Gasteiger charge is 2.48. The minimum atomic E-state index is -0.120. The number of nitrogens with one attached hydrogen (secondary N) is 1. The van der Waals surface area contributed by atoms with Gasteiger partial charge in [0, 0.05) is 43.7 Å². The Morgan fingerprint density at radius 1 is 1.11 bits per heavy atom. The number of rotatable bonds is 3. The summed E-state index contributed by atoms with van der Waals surface area (Å²) in [5.41, 5.74) is 3.07. The molecule has 1 spiro atoms. The Balaban J connectivity index is 1.38. The number of nitrogens with zero attached hydrogens (tertiary/aromatic N) is 2. The lowest BCUT2D eigenvalue weighted by Crippen LogP contribution is -2.40. The summed E-state index contributed by atoms with van der Waals surface area (Å²) in [5, 5.41) is 3.00. The van der Waals surface area contributed by atoms with Crippen molar-refractivity contribution in [1.29, 1.82) is 0 Å². The molecule has 1 atom stereocenters. The lowest BCUT2D eigenvalue weighted by Gasteiger charge is -2.24. The van der Waals surface area contributed by atoms with Crippen LogP contribution in [0.5, 0.6) is 0 Å². The van der Waals surface area contributed by atoms with Gasteiger partial charge in [-0.15, -0.1) is 0 Å². The van der Waals surface area contributed by atoms with Crippen LogP contribution < -0.4 is 10.2 Å². The van der Waals surface area contributed by atoms with Gasteiger partial charge in [-0.1, -0.05) is 42.5 Å². The smallest absolute Gasteiger partial charge is 0.317 e. The summed E-state index contributed by atoms with van der Waals surface area (Å²) in [6, 6.07) is 17.9. The van der Waals surface area contributed by atoms with E-state index in [0.29, 0.717) is 32.6 Å². The second kappa shape index (κ2) is 7.06. The van der Waals surface area contributed by atoms with Crippen molar-refractivity contribution >= 4 is 17.6 Å². The molecule has 1 unspecified atom stereocenters. The van der Waals surface area contributed by atoms with Crippen molar-refractivity contribution in [1.82, 2.24) is 10.2 Å². The second-order valence-electron chi connectivity index (χ2n) is 7.81. The van der Waals surface area contributed by atoms with E-state index >= 15 is 0 Å². The van der Waals surface area contributed by atoms with Gasteiger partial charge in [-0.2, -0.15) is 0 Å². The van der Waals surface area contributed by atoms with Gasteiger partial charge in [-0.3, -0.25) is 4.79 Å². The summed E-state index contributed by atoms with van der Waals surface area (Å²) >= 11 is 0. The highest BCUT2D eigenvalue weighted by atomic mass is 16.2. The van der Waals surface area contributed by atoms with Gasteiger partial charge in [0.15, 0.2) is 0 Å². The maximum atomic E-state index is 12.6. The van der Waals surface area contributed by atoms with E-state index in [4.69, 9.17) is 0 Å². The number of hydrogen-bond acceptors (Lipinski definition) is 2. The summed E-state index contributed by atoms with van der Waals surface area (Å²) in [4.78, 5) is 28.9. The third-order valence-corrected chi connectivity index (χ3v) is 5.65. The largest absolute Gasteiger partial charge is 0.334 e. The number of anilines is 1. The summed E-state index contributed by atoms with van der Waals surface area (Å²) in [7, 11) is 0. The van der Waals surface area contributed by atoms with Crippen LogP contribution in [0.2, 0.25) is 0 Å². The van der Waals surface area contributed by atoms with Gasteiger partial charge in [0.25, 0.3) is 0 Å². The quantitative estimate of drug-likeness (QED) is 0.909. The van der Waals surface area contributed by atoms with Crippen molar-refractivity contribution in [3.8, 4) is 0 Å². The van der Waals surface area contributed by atoms with Crippen LogP contribution in [0, 0.1) is 12.3 Å². The van der Waals surface area contributed by atoms with E-state index in [-0.39, 0.29) is 17.4 Å². The Kier molecular flexibility index (Phi) is 4.60. The fraction of sp³-hybridized carbons (Fsp3) is 0.364. The number of hydrogen-bond donors (Lipinski definition) is 1. The molecule has 2 aliphatic rings. The number of benzene rings is 2. The third-order valence-electron chi connectivity index (χ3n) is 5.65. The molecule has 1 N–H and O–H groups in total. The molecule has 0 aromatic heterocycles. The molecule has 0 radical (unpaired) electrons. The molecule has 0 saturated carbocycles. The molecule has 0 bridgehead atoms. The number of urea groups is 1. The van der Waals surface area contributed by atoms with Crippen LogP contribution in [0.4, 0.5) is 10.5 Å². The molecule has 3 amide bonds. The molecule has 4 rings (SSSR count). The monoisotopic (exact) mass is 363 g/mol. The van der Waals surface area contributed by atoms with Crippen molar-refractivity contribution in [2.24, 2.45) is 5.41 Å². The number of likely N-dealkylation sites (tertiary alicyclic amines) is 1. The maximum absolute atomic E-state index is 12.6. The molecule has 5 heteroatoms. The summed E-state index contributed by atoms with van der Waals surface area (Å²) in [6.45, 7) is 4.60. The predicted molar refractivity (Wildman–Crippen MR) is 105 cm³/mol. The normalized spacial score (nSPS) is 21.9. The molecule has 2 aromatic carbocycles. The van der Waals surface area contributed by atoms with Gasteiger partial charge >= 0.3 is 6.03 Å². The van der Waals surface area contributed by atoms with Crippen molar-refractivity contribution in [2.45, 2.75) is 26.3 Å². The van der Waals surface area contributed by atoms with Gasteiger partial charge in [0.1, 0.15) is 0 Å². The zero-order valence-corrected chi connectivity index (χ0v) is 15.6. The Morgan fingerprint density at radius 2 is 1.93 bits per heavy atom. The molecule has 2 aliphatic heterocycles. The SMILES string of the molecule is Cc1cccc(N2CC3(CCN(C(=O)NCc4ccccc4)C3)CC2=O)c1. The van der Waals surface area contributed by atoms with E-state index in [1.54, 1.807) is 0 Å².